The third-order valence-electron chi connectivity index (χ3n) is 4.48. The molecule has 3 unspecified atom stereocenters. The molecule has 1 aliphatic carbocycles. The first-order valence-electron chi connectivity index (χ1n) is 7.48. The molecule has 3 atom stereocenters. The van der Waals surface area contributed by atoms with Gasteiger partial charge < -0.3 is 9.88 Å². The van der Waals surface area contributed by atoms with Crippen molar-refractivity contribution in [1.29, 1.82) is 0 Å². The fraction of sp³-hybridized carbons (Fsp3) is 0.800. The zero-order valence-electron chi connectivity index (χ0n) is 12.0. The van der Waals surface area contributed by atoms with Crippen LogP contribution in [0.15, 0.2) is 12.4 Å². The van der Waals surface area contributed by atoms with Crippen molar-refractivity contribution in [2.45, 2.75) is 52.0 Å². The molecule has 0 spiro atoms. The number of aryl methyl sites for hydroxylation is 1. The van der Waals surface area contributed by atoms with Crippen LogP contribution in [0, 0.1) is 11.8 Å². The summed E-state index contributed by atoms with van der Waals surface area (Å²) < 4.78 is 2.18. The molecule has 0 radical (unpaired) electrons. The maximum absolute atomic E-state index is 4.58. The van der Waals surface area contributed by atoms with E-state index in [1.807, 2.05) is 6.20 Å². The summed E-state index contributed by atoms with van der Waals surface area (Å²) in [7, 11) is 2.11. The zero-order valence-corrected chi connectivity index (χ0v) is 12.0. The topological polar surface area (TPSA) is 29.9 Å². The Morgan fingerprint density at radius 3 is 2.78 bits per heavy atom. The predicted octanol–water partition coefficient (Wildman–Crippen LogP) is 3.29. The van der Waals surface area contributed by atoms with Gasteiger partial charge in [-0.2, -0.15) is 0 Å². The monoisotopic (exact) mass is 249 g/mol. The van der Waals surface area contributed by atoms with E-state index in [-0.39, 0.29) is 0 Å². The van der Waals surface area contributed by atoms with Crippen molar-refractivity contribution >= 4 is 0 Å². The summed E-state index contributed by atoms with van der Waals surface area (Å²) in [6, 6.07) is 0.431. The summed E-state index contributed by atoms with van der Waals surface area (Å²) >= 11 is 0. The van der Waals surface area contributed by atoms with Gasteiger partial charge in [-0.3, -0.25) is 0 Å². The number of rotatable bonds is 5. The van der Waals surface area contributed by atoms with Crippen molar-refractivity contribution < 1.29 is 0 Å². The maximum atomic E-state index is 4.58. The third-order valence-corrected chi connectivity index (χ3v) is 4.48. The third kappa shape index (κ3) is 2.77. The average Bonchev–Trinajstić information content (AvgIpc) is 2.82. The summed E-state index contributed by atoms with van der Waals surface area (Å²) in [5.41, 5.74) is 0. The Balaban J connectivity index is 2.20. The first-order valence-corrected chi connectivity index (χ1v) is 7.48. The fourth-order valence-electron chi connectivity index (χ4n) is 3.51. The lowest BCUT2D eigenvalue weighted by molar-refractivity contribution is 0.170. The van der Waals surface area contributed by atoms with Crippen LogP contribution in [0.25, 0.3) is 0 Å². The smallest absolute Gasteiger partial charge is 0.125 e. The molecule has 1 N–H and O–H groups in total. The second-order valence-electron chi connectivity index (χ2n) is 5.55. The Morgan fingerprint density at radius 2 is 2.17 bits per heavy atom. The van der Waals surface area contributed by atoms with Crippen molar-refractivity contribution in [3.8, 4) is 0 Å². The van der Waals surface area contributed by atoms with Gasteiger partial charge in [0.05, 0.1) is 6.04 Å². The Kier molecular flexibility index (Phi) is 4.81. The van der Waals surface area contributed by atoms with E-state index in [0.29, 0.717) is 6.04 Å². The van der Waals surface area contributed by atoms with Crippen LogP contribution in [-0.4, -0.2) is 16.1 Å². The van der Waals surface area contributed by atoms with Crippen LogP contribution in [0.4, 0.5) is 0 Å². The van der Waals surface area contributed by atoms with Crippen LogP contribution in [0.1, 0.15) is 57.8 Å². The van der Waals surface area contributed by atoms with E-state index in [1.165, 1.54) is 37.9 Å². The molecular weight excluding hydrogens is 222 g/mol. The average molecular weight is 249 g/mol. The van der Waals surface area contributed by atoms with Crippen LogP contribution in [0.3, 0.4) is 0 Å². The number of nitrogens with one attached hydrogen (secondary N) is 1. The predicted molar refractivity (Wildman–Crippen MR) is 75.4 cm³/mol. The van der Waals surface area contributed by atoms with Gasteiger partial charge in [0.1, 0.15) is 5.82 Å². The highest BCUT2D eigenvalue weighted by atomic mass is 15.1. The van der Waals surface area contributed by atoms with Crippen LogP contribution in [0.5, 0.6) is 0 Å². The van der Waals surface area contributed by atoms with Gasteiger partial charge in [-0.1, -0.05) is 39.5 Å². The SMILES string of the molecule is CCNC(c1nccn1C)C1CCCCC1CC. The van der Waals surface area contributed by atoms with Crippen molar-refractivity contribution in [3.05, 3.63) is 18.2 Å². The minimum absolute atomic E-state index is 0.431. The number of hydrogen-bond donors (Lipinski definition) is 1. The van der Waals surface area contributed by atoms with Gasteiger partial charge in [0.25, 0.3) is 0 Å². The summed E-state index contributed by atoms with van der Waals surface area (Å²) in [6.45, 7) is 5.55. The molecule has 1 fully saturated rings. The molecule has 102 valence electrons. The molecule has 3 nitrogen and oxygen atoms in total. The lowest BCUT2D eigenvalue weighted by Crippen LogP contribution is -2.36. The molecule has 1 aromatic heterocycles. The number of imidazole rings is 1. The molecule has 2 rings (SSSR count). The van der Waals surface area contributed by atoms with E-state index in [2.05, 4.69) is 42.0 Å². The largest absolute Gasteiger partial charge is 0.337 e. The molecule has 1 saturated carbocycles. The second-order valence-corrected chi connectivity index (χ2v) is 5.55. The standard InChI is InChI=1S/C15H27N3/c1-4-12-8-6-7-9-13(12)14(16-5-2)15-17-10-11-18(15)3/h10-14,16H,4-9H2,1-3H3. The van der Waals surface area contributed by atoms with Gasteiger partial charge in [0.2, 0.25) is 0 Å². The molecule has 0 aromatic carbocycles. The molecule has 0 saturated heterocycles. The first-order chi connectivity index (χ1) is 8.77. The Labute approximate surface area is 111 Å². The highest BCUT2D eigenvalue weighted by Gasteiger charge is 2.33. The highest BCUT2D eigenvalue weighted by Crippen LogP contribution is 2.39. The number of nitrogens with zero attached hydrogens (tertiary/aromatic N) is 2. The van der Waals surface area contributed by atoms with Gasteiger partial charge in [0.15, 0.2) is 0 Å². The minimum atomic E-state index is 0.431. The van der Waals surface area contributed by atoms with Gasteiger partial charge in [-0.05, 0) is 24.8 Å². The normalized spacial score (nSPS) is 26.2. The highest BCUT2D eigenvalue weighted by molar-refractivity contribution is 5.02. The van der Waals surface area contributed by atoms with Crippen LogP contribution >= 0.6 is 0 Å². The molecule has 0 amide bonds. The molecule has 0 aliphatic heterocycles. The van der Waals surface area contributed by atoms with E-state index in [0.717, 1.165) is 18.4 Å². The first kappa shape index (κ1) is 13.6. The Bertz CT molecular complexity index is 358. The molecule has 18 heavy (non-hydrogen) atoms. The fourth-order valence-corrected chi connectivity index (χ4v) is 3.51. The van der Waals surface area contributed by atoms with Crippen molar-refractivity contribution in [2.75, 3.05) is 6.54 Å². The van der Waals surface area contributed by atoms with E-state index in [1.54, 1.807) is 0 Å². The van der Waals surface area contributed by atoms with Crippen LogP contribution in [-0.2, 0) is 7.05 Å². The van der Waals surface area contributed by atoms with E-state index >= 15 is 0 Å². The molecule has 1 aliphatic rings. The lowest BCUT2D eigenvalue weighted by Gasteiger charge is -2.37. The molecule has 0 bridgehead atoms. The van der Waals surface area contributed by atoms with Crippen molar-refractivity contribution in [3.63, 3.8) is 0 Å². The van der Waals surface area contributed by atoms with E-state index < -0.39 is 0 Å². The summed E-state index contributed by atoms with van der Waals surface area (Å²) in [5.74, 6) is 2.83. The van der Waals surface area contributed by atoms with Crippen LogP contribution in [0.2, 0.25) is 0 Å². The van der Waals surface area contributed by atoms with E-state index in [9.17, 15) is 0 Å². The van der Waals surface area contributed by atoms with Crippen LogP contribution < -0.4 is 5.32 Å². The van der Waals surface area contributed by atoms with Crippen molar-refractivity contribution in [1.82, 2.24) is 14.9 Å². The molecule has 3 heteroatoms. The van der Waals surface area contributed by atoms with Gasteiger partial charge in [0, 0.05) is 19.4 Å². The summed E-state index contributed by atoms with van der Waals surface area (Å²) in [4.78, 5) is 4.58. The Hall–Kier alpha value is -0.830. The van der Waals surface area contributed by atoms with Gasteiger partial charge in [-0.15, -0.1) is 0 Å². The quantitative estimate of drug-likeness (QED) is 0.868. The van der Waals surface area contributed by atoms with Crippen molar-refractivity contribution in [2.24, 2.45) is 18.9 Å². The minimum Gasteiger partial charge on any atom is -0.337 e. The second kappa shape index (κ2) is 6.37. The summed E-state index contributed by atoms with van der Waals surface area (Å²) in [5, 5.41) is 3.68. The van der Waals surface area contributed by atoms with Gasteiger partial charge >= 0.3 is 0 Å². The molecule has 1 aromatic rings. The number of hydrogen-bond acceptors (Lipinski definition) is 2. The number of aromatic nitrogens is 2. The maximum Gasteiger partial charge on any atom is 0.125 e. The van der Waals surface area contributed by atoms with E-state index in [4.69, 9.17) is 0 Å². The zero-order chi connectivity index (χ0) is 13.0. The van der Waals surface area contributed by atoms with Gasteiger partial charge in [-0.25, -0.2) is 4.98 Å². The lowest BCUT2D eigenvalue weighted by atomic mass is 9.73. The summed E-state index contributed by atoms with van der Waals surface area (Å²) in [6.07, 6.45) is 10.8. The Morgan fingerprint density at radius 1 is 1.39 bits per heavy atom. The molecule has 1 heterocycles. The molecular formula is C15H27N3.